The number of carbonyl (C=O) groups excluding carboxylic acids is 1. The smallest absolute Gasteiger partial charge is 0.338 e. The molecule has 0 N–H and O–H groups in total. The Hall–Kier alpha value is -1.93. The van der Waals surface area contributed by atoms with E-state index in [1.54, 1.807) is 0 Å². The van der Waals surface area contributed by atoms with Crippen LogP contribution in [0.2, 0.25) is 0 Å². The first kappa shape index (κ1) is 25.2. The molecule has 184 valence electrons. The average Bonchev–Trinajstić information content (AvgIpc) is 2.87. The normalized spacial score (nSPS) is 18.6. The Morgan fingerprint density at radius 1 is 1.03 bits per heavy atom. The first-order valence-corrected chi connectivity index (χ1v) is 13.1. The molecule has 0 aliphatic carbocycles. The van der Waals surface area contributed by atoms with E-state index in [-0.39, 0.29) is 11.6 Å². The largest absolute Gasteiger partial charge is 0.462 e. The summed E-state index contributed by atoms with van der Waals surface area (Å²) in [7, 11) is 0. The molecule has 2 fully saturated rings. The maximum absolute atomic E-state index is 12.0. The predicted octanol–water partition coefficient (Wildman–Crippen LogP) is 4.56. The summed E-state index contributed by atoms with van der Waals surface area (Å²) in [4.78, 5) is 16.8. The lowest BCUT2D eigenvalue weighted by Gasteiger charge is -2.43. The predicted molar refractivity (Wildman–Crippen MR) is 138 cm³/mol. The monoisotopic (exact) mass is 530 g/mol. The minimum atomic E-state index is -0.270. The summed E-state index contributed by atoms with van der Waals surface area (Å²) in [5.74, 6) is -0.270. The molecule has 0 atom stereocenters. The number of halogens is 1. The minimum absolute atomic E-state index is 0.183. The molecule has 2 aliphatic heterocycles. The van der Waals surface area contributed by atoms with Crippen molar-refractivity contribution in [3.05, 3.63) is 64.1 Å². The Balaban J connectivity index is 1.40. The van der Waals surface area contributed by atoms with E-state index in [1.807, 2.05) is 31.2 Å². The highest BCUT2D eigenvalue weighted by Crippen LogP contribution is 2.34. The Morgan fingerprint density at radius 2 is 1.74 bits per heavy atom. The van der Waals surface area contributed by atoms with Gasteiger partial charge in [0.2, 0.25) is 0 Å². The van der Waals surface area contributed by atoms with Gasteiger partial charge in [0.05, 0.1) is 37.6 Å². The van der Waals surface area contributed by atoms with Gasteiger partial charge in [0.15, 0.2) is 0 Å². The van der Waals surface area contributed by atoms with Crippen LogP contribution in [0.15, 0.2) is 53.0 Å². The lowest BCUT2D eigenvalue weighted by Crippen LogP contribution is -2.49. The molecule has 0 spiro atoms. The van der Waals surface area contributed by atoms with Crippen molar-refractivity contribution >= 4 is 27.6 Å². The number of hydrogen-bond acceptors (Lipinski definition) is 6. The van der Waals surface area contributed by atoms with Crippen LogP contribution in [0.3, 0.4) is 0 Å². The van der Waals surface area contributed by atoms with Gasteiger partial charge in [-0.1, -0.05) is 34.1 Å². The van der Waals surface area contributed by atoms with E-state index in [0.29, 0.717) is 12.2 Å². The van der Waals surface area contributed by atoms with Gasteiger partial charge in [-0.3, -0.25) is 4.90 Å². The fraction of sp³-hybridized carbons (Fsp3) is 0.519. The van der Waals surface area contributed by atoms with E-state index in [1.165, 1.54) is 5.56 Å². The van der Waals surface area contributed by atoms with Crippen molar-refractivity contribution in [3.63, 3.8) is 0 Å². The van der Waals surface area contributed by atoms with Crippen molar-refractivity contribution < 1.29 is 19.0 Å². The third kappa shape index (κ3) is 6.60. The maximum atomic E-state index is 12.0. The molecule has 2 saturated heterocycles. The van der Waals surface area contributed by atoms with Crippen LogP contribution >= 0.6 is 15.9 Å². The highest BCUT2D eigenvalue weighted by Gasteiger charge is 2.36. The van der Waals surface area contributed by atoms with E-state index < -0.39 is 0 Å². The van der Waals surface area contributed by atoms with Crippen molar-refractivity contribution in [2.75, 3.05) is 64.1 Å². The molecule has 2 heterocycles. The van der Waals surface area contributed by atoms with Crippen molar-refractivity contribution in [2.45, 2.75) is 31.8 Å². The lowest BCUT2D eigenvalue weighted by molar-refractivity contribution is -0.0734. The number of anilines is 1. The summed E-state index contributed by atoms with van der Waals surface area (Å²) < 4.78 is 18.4. The summed E-state index contributed by atoms with van der Waals surface area (Å²) in [6, 6.07) is 16.2. The molecule has 34 heavy (non-hydrogen) atoms. The first-order chi connectivity index (χ1) is 16.6. The minimum Gasteiger partial charge on any atom is -0.462 e. The third-order valence-corrected chi connectivity index (χ3v) is 7.58. The second-order valence-corrected chi connectivity index (χ2v) is 9.86. The highest BCUT2D eigenvalue weighted by atomic mass is 79.9. The molecule has 0 bridgehead atoms. The number of benzene rings is 2. The van der Waals surface area contributed by atoms with Crippen LogP contribution in [0.5, 0.6) is 0 Å². The molecular weight excluding hydrogens is 496 g/mol. The van der Waals surface area contributed by atoms with Crippen LogP contribution < -0.4 is 4.90 Å². The third-order valence-electron chi connectivity index (χ3n) is 6.81. The summed E-state index contributed by atoms with van der Waals surface area (Å²) in [6.45, 7) is 9.31. The molecule has 2 aliphatic rings. The van der Waals surface area contributed by atoms with Crippen LogP contribution in [0.4, 0.5) is 5.69 Å². The molecule has 0 saturated carbocycles. The number of morpholine rings is 1. The van der Waals surface area contributed by atoms with Gasteiger partial charge in [0.25, 0.3) is 0 Å². The summed E-state index contributed by atoms with van der Waals surface area (Å²) in [6.07, 6.45) is 2.81. The Kier molecular flexibility index (Phi) is 9.00. The zero-order valence-electron chi connectivity index (χ0n) is 20.0. The topological polar surface area (TPSA) is 51.2 Å². The molecule has 2 aromatic carbocycles. The van der Waals surface area contributed by atoms with Gasteiger partial charge in [-0.05, 0) is 55.7 Å². The molecule has 7 heteroatoms. The standard InChI is InChI=1S/C27H35BrN2O4/c1-2-33-26(31)22-7-9-24(10-8-22)30-13-11-27(12-14-30,21-23-5-3-4-6-25(23)28)34-20-17-29-15-18-32-19-16-29/h3-10H,2,11-21H2,1H3. The van der Waals surface area contributed by atoms with Crippen LogP contribution in [-0.2, 0) is 20.6 Å². The van der Waals surface area contributed by atoms with Crippen molar-refractivity contribution in [3.8, 4) is 0 Å². The Bertz CT molecular complexity index is 922. The molecule has 6 nitrogen and oxygen atoms in total. The summed E-state index contributed by atoms with van der Waals surface area (Å²) in [5, 5.41) is 0. The molecule has 0 aromatic heterocycles. The highest BCUT2D eigenvalue weighted by molar-refractivity contribution is 9.10. The number of hydrogen-bond donors (Lipinski definition) is 0. The molecule has 4 rings (SSSR count). The second kappa shape index (κ2) is 12.2. The van der Waals surface area contributed by atoms with Gasteiger partial charge in [-0.2, -0.15) is 0 Å². The van der Waals surface area contributed by atoms with Crippen LogP contribution in [0, 0.1) is 0 Å². The van der Waals surface area contributed by atoms with E-state index >= 15 is 0 Å². The quantitative estimate of drug-likeness (QED) is 0.443. The van der Waals surface area contributed by atoms with E-state index in [4.69, 9.17) is 14.2 Å². The molecule has 0 unspecified atom stereocenters. The molecule has 0 radical (unpaired) electrons. The van der Waals surface area contributed by atoms with Gasteiger partial charge >= 0.3 is 5.97 Å². The van der Waals surface area contributed by atoms with Crippen LogP contribution in [0.1, 0.15) is 35.7 Å². The Morgan fingerprint density at radius 3 is 2.41 bits per heavy atom. The van der Waals surface area contributed by atoms with Crippen molar-refractivity contribution in [2.24, 2.45) is 0 Å². The summed E-state index contributed by atoms with van der Waals surface area (Å²) >= 11 is 3.73. The number of piperidine rings is 1. The number of ether oxygens (including phenoxy) is 3. The van der Waals surface area contributed by atoms with Gasteiger partial charge < -0.3 is 19.1 Å². The number of esters is 1. The van der Waals surface area contributed by atoms with Gasteiger partial charge in [0, 0.05) is 49.3 Å². The lowest BCUT2D eigenvalue weighted by atomic mass is 9.84. The van der Waals surface area contributed by atoms with Crippen LogP contribution in [0.25, 0.3) is 0 Å². The van der Waals surface area contributed by atoms with E-state index in [9.17, 15) is 4.79 Å². The van der Waals surface area contributed by atoms with E-state index in [2.05, 4.69) is 50.0 Å². The van der Waals surface area contributed by atoms with Crippen molar-refractivity contribution in [1.82, 2.24) is 4.90 Å². The number of carbonyl (C=O) groups is 1. The number of rotatable bonds is 9. The molecule has 2 aromatic rings. The van der Waals surface area contributed by atoms with Gasteiger partial charge in [-0.25, -0.2) is 4.79 Å². The second-order valence-electron chi connectivity index (χ2n) is 9.01. The van der Waals surface area contributed by atoms with Crippen molar-refractivity contribution in [1.29, 1.82) is 0 Å². The fourth-order valence-corrected chi connectivity index (χ4v) is 5.20. The Labute approximate surface area is 211 Å². The maximum Gasteiger partial charge on any atom is 0.338 e. The van der Waals surface area contributed by atoms with Crippen LogP contribution in [-0.4, -0.2) is 75.6 Å². The van der Waals surface area contributed by atoms with Gasteiger partial charge in [0.1, 0.15) is 0 Å². The number of nitrogens with zero attached hydrogens (tertiary/aromatic N) is 2. The zero-order valence-corrected chi connectivity index (χ0v) is 21.6. The molecule has 0 amide bonds. The first-order valence-electron chi connectivity index (χ1n) is 12.3. The molecular formula is C27H35BrN2O4. The average molecular weight is 531 g/mol. The fourth-order valence-electron chi connectivity index (χ4n) is 4.77. The van der Waals surface area contributed by atoms with Gasteiger partial charge in [-0.15, -0.1) is 0 Å². The summed E-state index contributed by atoms with van der Waals surface area (Å²) in [5.41, 5.74) is 2.84. The zero-order chi connectivity index (χ0) is 23.8. The van der Waals surface area contributed by atoms with E-state index in [0.717, 1.165) is 82.0 Å². The SMILES string of the molecule is CCOC(=O)c1ccc(N2CCC(Cc3ccccc3Br)(OCCN3CCOCC3)CC2)cc1.